The third kappa shape index (κ3) is 4.33. The number of nitrogens with zero attached hydrogens (tertiary/aromatic N) is 1. The highest BCUT2D eigenvalue weighted by Gasteiger charge is 2.26. The van der Waals surface area contributed by atoms with E-state index in [1.807, 2.05) is 38.1 Å². The summed E-state index contributed by atoms with van der Waals surface area (Å²) in [4.78, 5) is 13.1. The van der Waals surface area contributed by atoms with Gasteiger partial charge >= 0.3 is 0 Å². The van der Waals surface area contributed by atoms with Crippen LogP contribution in [0.2, 0.25) is 0 Å². The van der Waals surface area contributed by atoms with E-state index in [2.05, 4.69) is 9.71 Å². The van der Waals surface area contributed by atoms with E-state index >= 15 is 0 Å². The van der Waals surface area contributed by atoms with Crippen molar-refractivity contribution in [2.45, 2.75) is 18.7 Å². The summed E-state index contributed by atoms with van der Waals surface area (Å²) in [7, 11) is -4.01. The summed E-state index contributed by atoms with van der Waals surface area (Å²) in [6, 6.07) is 20.5. The predicted octanol–water partition coefficient (Wildman–Crippen LogP) is 4.76. The Kier molecular flexibility index (Phi) is 5.92. The first kappa shape index (κ1) is 21.5. The van der Waals surface area contributed by atoms with Gasteiger partial charge < -0.3 is 10.1 Å². The Bertz CT molecular complexity index is 1340. The molecular weight excluding hydrogens is 424 g/mol. The van der Waals surface area contributed by atoms with Gasteiger partial charge in [0.15, 0.2) is 0 Å². The van der Waals surface area contributed by atoms with Gasteiger partial charge in [-0.25, -0.2) is 0 Å². The molecule has 0 aromatic heterocycles. The van der Waals surface area contributed by atoms with E-state index in [9.17, 15) is 13.2 Å². The molecule has 4 rings (SSSR count). The van der Waals surface area contributed by atoms with Crippen LogP contribution in [0.25, 0.3) is 0 Å². The Labute approximate surface area is 187 Å². The van der Waals surface area contributed by atoms with Gasteiger partial charge in [-0.2, -0.15) is 12.8 Å². The number of hydrogen-bond acceptors (Lipinski definition) is 5. The van der Waals surface area contributed by atoms with E-state index in [-0.39, 0.29) is 22.1 Å². The summed E-state index contributed by atoms with van der Waals surface area (Å²) in [5, 5.41) is 3.14. The van der Waals surface area contributed by atoms with Crippen LogP contribution in [0.3, 0.4) is 0 Å². The van der Waals surface area contributed by atoms with Gasteiger partial charge in [-0.1, -0.05) is 42.5 Å². The van der Waals surface area contributed by atoms with E-state index in [0.717, 1.165) is 11.3 Å². The molecule has 1 N–H and O–H groups in total. The van der Waals surface area contributed by atoms with Crippen LogP contribution in [0.4, 0.5) is 5.69 Å². The number of hydrogen-bond donors (Lipinski definition) is 1. The minimum absolute atomic E-state index is 0.0460. The number of ether oxygens (including phenoxy) is 1. The minimum Gasteiger partial charge on any atom is -0.494 e. The zero-order valence-electron chi connectivity index (χ0n) is 17.7. The van der Waals surface area contributed by atoms with E-state index < -0.39 is 10.0 Å². The maximum absolute atomic E-state index is 13.1. The lowest BCUT2D eigenvalue weighted by Crippen LogP contribution is -2.23. The van der Waals surface area contributed by atoms with Crippen LogP contribution in [-0.4, -0.2) is 26.5 Å². The van der Waals surface area contributed by atoms with Gasteiger partial charge in [-0.3, -0.25) is 4.79 Å². The fraction of sp³-hybridized carbons (Fsp3) is 0.120. The van der Waals surface area contributed by atoms with Crippen molar-refractivity contribution in [3.8, 4) is 5.75 Å². The molecule has 0 spiro atoms. The highest BCUT2D eigenvalue weighted by atomic mass is 32.2. The Morgan fingerprint density at radius 3 is 2.25 bits per heavy atom. The average molecular weight is 447 g/mol. The maximum Gasteiger partial charge on any atom is 0.282 e. The third-order valence-corrected chi connectivity index (χ3v) is 6.34. The van der Waals surface area contributed by atoms with Crippen LogP contribution in [0.5, 0.6) is 5.75 Å². The maximum atomic E-state index is 13.1. The number of sulfonamides is 1. The summed E-state index contributed by atoms with van der Waals surface area (Å²) in [5.41, 5.74) is 3.05. The average Bonchev–Trinajstić information content (AvgIpc) is 2.79. The number of Topliss-reactive ketones (excluding diaryl/α,β-unsaturated/α-hetero) is 1. The van der Waals surface area contributed by atoms with Crippen LogP contribution in [0, 0.1) is 6.92 Å². The number of para-hydroxylation sites is 1. The van der Waals surface area contributed by atoms with E-state index in [1.54, 1.807) is 36.4 Å². The van der Waals surface area contributed by atoms with Gasteiger partial charge in [0, 0.05) is 16.8 Å². The first-order chi connectivity index (χ1) is 15.4. The van der Waals surface area contributed by atoms with Crippen molar-refractivity contribution in [1.29, 1.82) is 0 Å². The first-order valence-corrected chi connectivity index (χ1v) is 11.6. The summed E-state index contributed by atoms with van der Waals surface area (Å²) >= 11 is 0. The molecule has 0 saturated carbocycles. The molecule has 1 aliphatic carbocycles. The number of fused-ring (bicyclic) bond motifs is 1. The molecule has 0 radical (unpaired) electrons. The summed E-state index contributed by atoms with van der Waals surface area (Å²) in [5.74, 6) is 0.360. The Hall–Kier alpha value is -3.71. The van der Waals surface area contributed by atoms with Crippen molar-refractivity contribution in [1.82, 2.24) is 0 Å². The number of ketones is 1. The van der Waals surface area contributed by atoms with Gasteiger partial charge in [-0.15, -0.1) is 0 Å². The lowest BCUT2D eigenvalue weighted by Gasteiger charge is -2.19. The van der Waals surface area contributed by atoms with Crippen LogP contribution in [0.1, 0.15) is 28.4 Å². The molecule has 0 fully saturated rings. The van der Waals surface area contributed by atoms with Gasteiger partial charge in [0.25, 0.3) is 10.0 Å². The Balaban J connectivity index is 1.77. The standard InChI is InChI=1S/C25H22N2O4S/c1-3-31-18-12-14-19(15-13-18)32(29,30)27-23-16-24(26-22-11-7-4-8-17(22)2)25(28)21-10-6-5-9-20(21)23/h4-16,26H,3H2,1-2H3/b27-23+. The molecule has 0 aliphatic heterocycles. The fourth-order valence-corrected chi connectivity index (χ4v) is 4.41. The number of aryl methyl sites for hydroxylation is 1. The van der Waals surface area contributed by atoms with Gasteiger partial charge in [0.05, 0.1) is 22.9 Å². The number of carbonyl (C=O) groups is 1. The topological polar surface area (TPSA) is 84.8 Å². The molecule has 32 heavy (non-hydrogen) atoms. The lowest BCUT2D eigenvalue weighted by molar-refractivity contribution is 0.103. The molecule has 1 aliphatic rings. The summed E-state index contributed by atoms with van der Waals surface area (Å²) < 4.78 is 35.5. The molecule has 162 valence electrons. The van der Waals surface area contributed by atoms with Crippen molar-refractivity contribution in [2.75, 3.05) is 11.9 Å². The molecule has 7 heteroatoms. The molecular formula is C25H22N2O4S. The van der Waals surface area contributed by atoms with Gasteiger partial charge in [0.1, 0.15) is 5.75 Å². The molecule has 0 amide bonds. The second-order valence-corrected chi connectivity index (χ2v) is 8.83. The van der Waals surface area contributed by atoms with Crippen LogP contribution >= 0.6 is 0 Å². The second-order valence-electron chi connectivity index (χ2n) is 7.23. The predicted molar refractivity (Wildman–Crippen MR) is 125 cm³/mol. The monoisotopic (exact) mass is 446 g/mol. The highest BCUT2D eigenvalue weighted by Crippen LogP contribution is 2.26. The van der Waals surface area contributed by atoms with Crippen molar-refractivity contribution in [3.05, 3.63) is 101 Å². The lowest BCUT2D eigenvalue weighted by atomic mass is 9.92. The number of rotatable bonds is 6. The summed E-state index contributed by atoms with van der Waals surface area (Å²) in [6.07, 6.45) is 1.49. The van der Waals surface area contributed by atoms with Crippen LogP contribution in [0.15, 0.2) is 93.9 Å². The molecule has 0 saturated heterocycles. The number of benzene rings is 3. The molecule has 0 unspecified atom stereocenters. The molecule has 0 atom stereocenters. The smallest absolute Gasteiger partial charge is 0.282 e. The van der Waals surface area contributed by atoms with Crippen molar-refractivity contribution < 1.29 is 17.9 Å². The van der Waals surface area contributed by atoms with Crippen LogP contribution in [-0.2, 0) is 10.0 Å². The number of anilines is 1. The molecule has 3 aromatic rings. The van der Waals surface area contributed by atoms with Crippen molar-refractivity contribution >= 4 is 27.2 Å². The number of allylic oxidation sites excluding steroid dienone is 2. The summed E-state index contributed by atoms with van der Waals surface area (Å²) in [6.45, 7) is 4.27. The zero-order chi connectivity index (χ0) is 22.7. The van der Waals surface area contributed by atoms with Gasteiger partial charge in [0.2, 0.25) is 5.78 Å². The molecule has 3 aromatic carbocycles. The number of nitrogens with one attached hydrogen (secondary N) is 1. The zero-order valence-corrected chi connectivity index (χ0v) is 18.5. The van der Waals surface area contributed by atoms with Crippen LogP contribution < -0.4 is 10.1 Å². The second kappa shape index (κ2) is 8.80. The molecule has 6 nitrogen and oxygen atoms in total. The number of carbonyl (C=O) groups excluding carboxylic acids is 1. The first-order valence-electron chi connectivity index (χ1n) is 10.2. The molecule has 0 heterocycles. The highest BCUT2D eigenvalue weighted by molar-refractivity contribution is 7.90. The fourth-order valence-electron chi connectivity index (χ4n) is 3.41. The van der Waals surface area contributed by atoms with E-state index in [4.69, 9.17) is 4.74 Å². The van der Waals surface area contributed by atoms with Gasteiger partial charge in [-0.05, 0) is 55.8 Å². The van der Waals surface area contributed by atoms with E-state index in [1.165, 1.54) is 18.2 Å². The third-order valence-electron chi connectivity index (χ3n) is 5.04. The van der Waals surface area contributed by atoms with Crippen molar-refractivity contribution in [2.24, 2.45) is 4.40 Å². The Morgan fingerprint density at radius 2 is 1.56 bits per heavy atom. The molecule has 0 bridgehead atoms. The SMILES string of the molecule is CCOc1ccc(S(=O)(=O)/N=C2\C=C(Nc3ccccc3C)C(=O)c3ccccc32)cc1. The Morgan fingerprint density at radius 1 is 0.906 bits per heavy atom. The van der Waals surface area contributed by atoms with E-state index in [0.29, 0.717) is 23.5 Å². The largest absolute Gasteiger partial charge is 0.494 e. The normalized spacial score (nSPS) is 14.6. The van der Waals surface area contributed by atoms with Crippen molar-refractivity contribution in [3.63, 3.8) is 0 Å². The quantitative estimate of drug-likeness (QED) is 0.590. The minimum atomic E-state index is -4.01.